The third kappa shape index (κ3) is 3.15. The number of hydrogen-bond donors (Lipinski definition) is 1. The summed E-state index contributed by atoms with van der Waals surface area (Å²) in [4.78, 5) is 28.1. The van der Waals surface area contributed by atoms with E-state index in [9.17, 15) is 14.0 Å². The molecule has 0 saturated carbocycles. The smallest absolute Gasteiger partial charge is 0.274 e. The van der Waals surface area contributed by atoms with E-state index in [0.717, 1.165) is 16.8 Å². The molecular formula is C19H19FN6O2. The number of amides is 2. The summed E-state index contributed by atoms with van der Waals surface area (Å²) in [7, 11) is 3.39. The number of nitrogens with zero attached hydrogens (tertiary/aromatic N) is 5. The zero-order valence-corrected chi connectivity index (χ0v) is 15.5. The van der Waals surface area contributed by atoms with Crippen LogP contribution < -0.4 is 0 Å². The van der Waals surface area contributed by atoms with Crippen molar-refractivity contribution in [3.63, 3.8) is 0 Å². The third-order valence-corrected chi connectivity index (χ3v) is 4.82. The highest BCUT2D eigenvalue weighted by Crippen LogP contribution is 2.23. The lowest BCUT2D eigenvalue weighted by atomic mass is 10.1. The van der Waals surface area contributed by atoms with Crippen molar-refractivity contribution in [1.82, 2.24) is 29.8 Å². The average molecular weight is 382 g/mol. The molecule has 144 valence electrons. The number of likely N-dealkylation sites (N-methyl/N-ethyl adjacent to an activating group) is 1. The van der Waals surface area contributed by atoms with Crippen molar-refractivity contribution in [3.8, 4) is 11.3 Å². The Morgan fingerprint density at radius 3 is 2.79 bits per heavy atom. The van der Waals surface area contributed by atoms with Gasteiger partial charge in [0.15, 0.2) is 5.69 Å². The Morgan fingerprint density at radius 2 is 2.04 bits per heavy atom. The van der Waals surface area contributed by atoms with Gasteiger partial charge in [0.2, 0.25) is 0 Å². The van der Waals surface area contributed by atoms with Gasteiger partial charge in [-0.1, -0.05) is 0 Å². The van der Waals surface area contributed by atoms with Gasteiger partial charge in [-0.15, -0.1) is 0 Å². The molecule has 0 radical (unpaired) electrons. The fourth-order valence-electron chi connectivity index (χ4n) is 3.23. The van der Waals surface area contributed by atoms with Gasteiger partial charge in [-0.2, -0.15) is 10.2 Å². The van der Waals surface area contributed by atoms with Crippen LogP contribution in [-0.2, 0) is 13.1 Å². The number of rotatable bonds is 4. The first kappa shape index (κ1) is 17.9. The van der Waals surface area contributed by atoms with E-state index in [1.165, 1.54) is 23.1 Å². The Hall–Kier alpha value is -3.49. The van der Waals surface area contributed by atoms with Crippen molar-refractivity contribution in [2.75, 3.05) is 20.6 Å². The largest absolute Gasteiger partial charge is 0.339 e. The highest BCUT2D eigenvalue weighted by molar-refractivity contribution is 5.98. The first-order valence-electron chi connectivity index (χ1n) is 8.81. The number of carbonyl (C=O) groups is 2. The summed E-state index contributed by atoms with van der Waals surface area (Å²) in [6, 6.07) is 7.59. The van der Waals surface area contributed by atoms with Crippen molar-refractivity contribution in [2.24, 2.45) is 0 Å². The van der Waals surface area contributed by atoms with E-state index in [2.05, 4.69) is 15.3 Å². The molecule has 4 rings (SSSR count). The van der Waals surface area contributed by atoms with Crippen molar-refractivity contribution >= 4 is 11.8 Å². The number of halogens is 1. The van der Waals surface area contributed by atoms with E-state index in [1.807, 2.05) is 0 Å². The maximum Gasteiger partial charge on any atom is 0.274 e. The Kier molecular flexibility index (Phi) is 4.42. The molecule has 0 atom stereocenters. The first-order chi connectivity index (χ1) is 13.4. The second kappa shape index (κ2) is 6.91. The second-order valence-electron chi connectivity index (χ2n) is 6.80. The fraction of sp³-hybridized carbons (Fsp3) is 0.263. The van der Waals surface area contributed by atoms with Crippen LogP contribution in [0.2, 0.25) is 0 Å². The Morgan fingerprint density at radius 1 is 1.29 bits per heavy atom. The zero-order valence-electron chi connectivity index (χ0n) is 15.5. The summed E-state index contributed by atoms with van der Waals surface area (Å²) < 4.78 is 14.7. The fourth-order valence-corrected chi connectivity index (χ4v) is 3.23. The highest BCUT2D eigenvalue weighted by atomic mass is 19.1. The standard InChI is InChI=1S/C19H19FN6O2/c1-24-7-8-26-16(19(24)28)9-15(23-26)18(27)25(2)11-13-10-21-22-17(13)12-3-5-14(20)6-4-12/h3-6,9-10H,7-8,11H2,1-2H3,(H,21,22). The van der Waals surface area contributed by atoms with Crippen molar-refractivity contribution < 1.29 is 14.0 Å². The molecule has 2 aromatic heterocycles. The van der Waals surface area contributed by atoms with E-state index in [4.69, 9.17) is 0 Å². The summed E-state index contributed by atoms with van der Waals surface area (Å²) in [5.41, 5.74) is 2.94. The highest BCUT2D eigenvalue weighted by Gasteiger charge is 2.27. The molecule has 0 unspecified atom stereocenters. The predicted molar refractivity (Wildman–Crippen MR) is 99.0 cm³/mol. The van der Waals surface area contributed by atoms with Crippen LogP contribution >= 0.6 is 0 Å². The maximum atomic E-state index is 13.2. The number of aromatic amines is 1. The molecule has 0 bridgehead atoms. The SMILES string of the molecule is CN(Cc1cn[nH]c1-c1ccc(F)cc1)C(=O)c1cc2n(n1)CCN(C)C2=O. The topological polar surface area (TPSA) is 87.1 Å². The molecule has 8 nitrogen and oxygen atoms in total. The molecule has 0 saturated heterocycles. The van der Waals surface area contributed by atoms with Crippen molar-refractivity contribution in [2.45, 2.75) is 13.1 Å². The summed E-state index contributed by atoms with van der Waals surface area (Å²) in [6.45, 7) is 1.41. The number of fused-ring (bicyclic) bond motifs is 1. The Balaban J connectivity index is 1.54. The lowest BCUT2D eigenvalue weighted by Gasteiger charge is -2.22. The average Bonchev–Trinajstić information content (AvgIpc) is 3.32. The molecule has 2 amide bonds. The van der Waals surface area contributed by atoms with Gasteiger partial charge in [0.05, 0.1) is 18.4 Å². The summed E-state index contributed by atoms with van der Waals surface area (Å²) in [6.07, 6.45) is 1.64. The van der Waals surface area contributed by atoms with Crippen LogP contribution in [0, 0.1) is 5.82 Å². The lowest BCUT2D eigenvalue weighted by molar-refractivity contribution is 0.0738. The molecule has 0 fully saturated rings. The predicted octanol–water partition coefficient (Wildman–Crippen LogP) is 1.77. The third-order valence-electron chi connectivity index (χ3n) is 4.82. The molecule has 1 aromatic carbocycles. The van der Waals surface area contributed by atoms with Crippen LogP contribution in [-0.4, -0.2) is 62.2 Å². The van der Waals surface area contributed by atoms with E-state index >= 15 is 0 Å². The monoisotopic (exact) mass is 382 g/mol. The zero-order chi connectivity index (χ0) is 19.8. The molecule has 3 aromatic rings. The molecule has 1 N–H and O–H groups in total. The van der Waals surface area contributed by atoms with Crippen LogP contribution in [0.5, 0.6) is 0 Å². The summed E-state index contributed by atoms with van der Waals surface area (Å²) >= 11 is 0. The number of aromatic nitrogens is 4. The molecular weight excluding hydrogens is 363 g/mol. The maximum absolute atomic E-state index is 13.2. The van der Waals surface area contributed by atoms with Crippen molar-refractivity contribution in [3.05, 3.63) is 59.3 Å². The lowest BCUT2D eigenvalue weighted by Crippen LogP contribution is -2.37. The van der Waals surface area contributed by atoms with Gasteiger partial charge < -0.3 is 9.80 Å². The normalized spacial score (nSPS) is 13.5. The van der Waals surface area contributed by atoms with Gasteiger partial charge in [0, 0.05) is 44.4 Å². The van der Waals surface area contributed by atoms with E-state index < -0.39 is 0 Å². The molecule has 1 aliphatic heterocycles. The minimum atomic E-state index is -0.318. The first-order valence-corrected chi connectivity index (χ1v) is 8.81. The molecule has 1 aliphatic rings. The summed E-state index contributed by atoms with van der Waals surface area (Å²) in [5, 5.41) is 11.2. The van der Waals surface area contributed by atoms with Gasteiger partial charge in [-0.05, 0) is 24.3 Å². The number of benzene rings is 1. The minimum absolute atomic E-state index is 0.145. The van der Waals surface area contributed by atoms with Crippen molar-refractivity contribution in [1.29, 1.82) is 0 Å². The van der Waals surface area contributed by atoms with Gasteiger partial charge >= 0.3 is 0 Å². The molecule has 0 aliphatic carbocycles. The number of nitrogens with one attached hydrogen (secondary N) is 1. The van der Waals surface area contributed by atoms with Crippen LogP contribution in [0.25, 0.3) is 11.3 Å². The van der Waals surface area contributed by atoms with Gasteiger partial charge in [0.1, 0.15) is 11.5 Å². The molecule has 9 heteroatoms. The van der Waals surface area contributed by atoms with Gasteiger partial charge in [0.25, 0.3) is 11.8 Å². The van der Waals surface area contributed by atoms with Crippen LogP contribution in [0.3, 0.4) is 0 Å². The number of carbonyl (C=O) groups excluding carboxylic acids is 2. The number of hydrogen-bond acceptors (Lipinski definition) is 4. The van der Waals surface area contributed by atoms with Crippen LogP contribution in [0.15, 0.2) is 36.5 Å². The Bertz CT molecular complexity index is 1040. The van der Waals surface area contributed by atoms with Crippen LogP contribution in [0.4, 0.5) is 4.39 Å². The van der Waals surface area contributed by atoms with Gasteiger partial charge in [-0.25, -0.2) is 4.39 Å². The molecule has 0 spiro atoms. The van der Waals surface area contributed by atoms with E-state index in [0.29, 0.717) is 18.8 Å². The Labute approximate surface area is 160 Å². The number of H-pyrrole nitrogens is 1. The van der Waals surface area contributed by atoms with Crippen LogP contribution in [0.1, 0.15) is 26.5 Å². The van der Waals surface area contributed by atoms with Gasteiger partial charge in [-0.3, -0.25) is 19.4 Å². The quantitative estimate of drug-likeness (QED) is 0.745. The summed E-state index contributed by atoms with van der Waals surface area (Å²) in [5.74, 6) is -0.751. The second-order valence-corrected chi connectivity index (χ2v) is 6.80. The van der Waals surface area contributed by atoms with E-state index in [-0.39, 0.29) is 29.9 Å². The molecule has 3 heterocycles. The minimum Gasteiger partial charge on any atom is -0.339 e. The van der Waals surface area contributed by atoms with E-state index in [1.54, 1.807) is 42.0 Å². The molecule has 28 heavy (non-hydrogen) atoms.